The van der Waals surface area contributed by atoms with Gasteiger partial charge in [0.25, 0.3) is 0 Å². The van der Waals surface area contributed by atoms with Crippen LogP contribution in [0.1, 0.15) is 31.4 Å². The van der Waals surface area contributed by atoms with Crippen molar-refractivity contribution in [2.45, 2.75) is 49.9 Å². The number of aliphatic hydroxyl groups excluding tert-OH is 2. The Labute approximate surface area is 181 Å². The quantitative estimate of drug-likeness (QED) is 0.645. The first-order valence-corrected chi connectivity index (χ1v) is 9.97. The number of imide groups is 1. The zero-order chi connectivity index (χ0) is 23.6. The van der Waals surface area contributed by atoms with Crippen molar-refractivity contribution in [3.8, 4) is 6.07 Å². The standard InChI is InChI=1S/C21H21F3N2O6/c1-19-6-14(31-9-12(28)8-27)20(2,32-19)16-15(19)17(29)26(18(16)30)11-4-3-10(7-25)13(5-11)21(22,23)24/h3-5,12,14-16,27-28H,6,8-9H2,1-2H3/t12?,14-,15+,16?,19?,20+/m0/s1. The maximum absolute atomic E-state index is 13.4. The Kier molecular flexibility index (Phi) is 5.13. The molecule has 0 aliphatic carbocycles. The summed E-state index contributed by atoms with van der Waals surface area (Å²) < 4.78 is 52.0. The van der Waals surface area contributed by atoms with Crippen molar-refractivity contribution in [3.63, 3.8) is 0 Å². The molecule has 2 amide bonds. The minimum absolute atomic E-state index is 0.204. The van der Waals surface area contributed by atoms with E-state index in [4.69, 9.17) is 19.8 Å². The Morgan fingerprint density at radius 1 is 1.31 bits per heavy atom. The summed E-state index contributed by atoms with van der Waals surface area (Å²) in [5.41, 5.74) is -4.43. The second kappa shape index (κ2) is 7.25. The predicted octanol–water partition coefficient (Wildman–Crippen LogP) is 1.37. The molecule has 3 saturated heterocycles. The average molecular weight is 454 g/mol. The molecular weight excluding hydrogens is 433 g/mol. The maximum Gasteiger partial charge on any atom is 0.417 e. The summed E-state index contributed by atoms with van der Waals surface area (Å²) in [6.07, 6.45) is -6.40. The Hall–Kier alpha value is -2.52. The van der Waals surface area contributed by atoms with E-state index in [0.29, 0.717) is 6.07 Å². The Bertz CT molecular complexity index is 1020. The third-order valence-corrected chi connectivity index (χ3v) is 6.65. The Morgan fingerprint density at radius 3 is 2.56 bits per heavy atom. The third-order valence-electron chi connectivity index (χ3n) is 6.65. The number of anilines is 1. The van der Waals surface area contributed by atoms with E-state index in [1.807, 2.05) is 0 Å². The molecule has 0 spiro atoms. The highest BCUT2D eigenvalue weighted by Crippen LogP contribution is 2.61. The molecule has 0 radical (unpaired) electrons. The monoisotopic (exact) mass is 454 g/mol. The molecule has 2 bridgehead atoms. The van der Waals surface area contributed by atoms with Crippen molar-refractivity contribution in [1.82, 2.24) is 0 Å². The number of alkyl halides is 3. The van der Waals surface area contributed by atoms with Gasteiger partial charge in [-0.2, -0.15) is 18.4 Å². The van der Waals surface area contributed by atoms with Gasteiger partial charge in [-0.1, -0.05) is 0 Å². The van der Waals surface area contributed by atoms with Crippen LogP contribution in [0.15, 0.2) is 18.2 Å². The van der Waals surface area contributed by atoms with Crippen molar-refractivity contribution in [1.29, 1.82) is 5.26 Å². The second-order valence-electron chi connectivity index (χ2n) is 8.77. The number of ether oxygens (including phenoxy) is 2. The van der Waals surface area contributed by atoms with Gasteiger partial charge in [0.1, 0.15) is 11.7 Å². The van der Waals surface area contributed by atoms with Crippen LogP contribution >= 0.6 is 0 Å². The zero-order valence-corrected chi connectivity index (χ0v) is 17.2. The van der Waals surface area contributed by atoms with Crippen molar-refractivity contribution in [2.24, 2.45) is 11.8 Å². The molecule has 2 N–H and O–H groups in total. The van der Waals surface area contributed by atoms with Crippen molar-refractivity contribution in [3.05, 3.63) is 29.3 Å². The summed E-state index contributed by atoms with van der Waals surface area (Å²) in [7, 11) is 0. The van der Waals surface area contributed by atoms with Gasteiger partial charge in [-0.05, 0) is 32.0 Å². The molecule has 0 saturated carbocycles. The normalized spacial score (nSPS) is 34.7. The summed E-state index contributed by atoms with van der Waals surface area (Å²) >= 11 is 0. The van der Waals surface area contributed by atoms with Crippen LogP contribution in [0.2, 0.25) is 0 Å². The van der Waals surface area contributed by atoms with Crippen LogP contribution in [-0.4, -0.2) is 58.7 Å². The average Bonchev–Trinajstić information content (AvgIpc) is 3.25. The van der Waals surface area contributed by atoms with Gasteiger partial charge in [-0.25, -0.2) is 4.90 Å². The fraction of sp³-hybridized carbons (Fsp3) is 0.571. The molecule has 3 heterocycles. The van der Waals surface area contributed by atoms with Gasteiger partial charge < -0.3 is 19.7 Å². The highest BCUT2D eigenvalue weighted by atomic mass is 19.4. The Morgan fingerprint density at radius 2 is 1.97 bits per heavy atom. The molecular formula is C21H21F3N2O6. The Balaban J connectivity index is 1.69. The molecule has 1 aromatic rings. The molecule has 1 aromatic carbocycles. The first-order chi connectivity index (χ1) is 14.9. The summed E-state index contributed by atoms with van der Waals surface area (Å²) in [5.74, 6) is -3.28. The molecule has 0 aromatic heterocycles. The minimum atomic E-state index is -4.84. The number of halogens is 3. The molecule has 32 heavy (non-hydrogen) atoms. The van der Waals surface area contributed by atoms with Gasteiger partial charge >= 0.3 is 6.18 Å². The number of benzene rings is 1. The second-order valence-corrected chi connectivity index (χ2v) is 8.77. The largest absolute Gasteiger partial charge is 0.417 e. The van der Waals surface area contributed by atoms with Gasteiger partial charge in [-0.3, -0.25) is 9.59 Å². The van der Waals surface area contributed by atoms with E-state index in [0.717, 1.165) is 17.0 Å². The fourth-order valence-corrected chi connectivity index (χ4v) is 5.26. The van der Waals surface area contributed by atoms with Gasteiger partial charge in [0.2, 0.25) is 11.8 Å². The van der Waals surface area contributed by atoms with E-state index >= 15 is 0 Å². The molecule has 3 aliphatic rings. The maximum atomic E-state index is 13.4. The lowest BCUT2D eigenvalue weighted by Crippen LogP contribution is -2.50. The first kappa shape index (κ1) is 22.7. The van der Waals surface area contributed by atoms with Crippen molar-refractivity contribution < 1.29 is 42.4 Å². The molecule has 11 heteroatoms. The van der Waals surface area contributed by atoms with Crippen LogP contribution in [0.3, 0.4) is 0 Å². The van der Waals surface area contributed by atoms with E-state index in [-0.39, 0.29) is 18.7 Å². The first-order valence-electron chi connectivity index (χ1n) is 9.97. The smallest absolute Gasteiger partial charge is 0.394 e. The van der Waals surface area contributed by atoms with Gasteiger partial charge in [-0.15, -0.1) is 0 Å². The highest BCUT2D eigenvalue weighted by molar-refractivity contribution is 6.23. The van der Waals surface area contributed by atoms with E-state index in [1.54, 1.807) is 13.8 Å². The van der Waals surface area contributed by atoms with E-state index in [2.05, 4.69) is 0 Å². The number of nitriles is 1. The summed E-state index contributed by atoms with van der Waals surface area (Å²) in [6, 6.07) is 4.18. The van der Waals surface area contributed by atoms with Crippen molar-refractivity contribution >= 4 is 17.5 Å². The lowest BCUT2D eigenvalue weighted by Gasteiger charge is -2.35. The van der Waals surface area contributed by atoms with Gasteiger partial charge in [0.05, 0.1) is 59.6 Å². The van der Waals surface area contributed by atoms with Crippen LogP contribution in [0, 0.1) is 23.2 Å². The van der Waals surface area contributed by atoms with Crippen LogP contribution in [0.5, 0.6) is 0 Å². The number of nitrogens with zero attached hydrogens (tertiary/aromatic N) is 2. The van der Waals surface area contributed by atoms with Crippen LogP contribution < -0.4 is 4.90 Å². The number of hydrogen-bond acceptors (Lipinski definition) is 7. The number of carbonyl (C=O) groups is 2. The molecule has 3 fully saturated rings. The number of fused-ring (bicyclic) bond motifs is 5. The minimum Gasteiger partial charge on any atom is -0.394 e. The molecule has 4 rings (SSSR count). The summed E-state index contributed by atoms with van der Waals surface area (Å²) in [4.78, 5) is 27.3. The number of amides is 2. The predicted molar refractivity (Wildman–Crippen MR) is 101 cm³/mol. The lowest BCUT2D eigenvalue weighted by atomic mass is 9.67. The number of aliphatic hydroxyl groups is 2. The lowest BCUT2D eigenvalue weighted by molar-refractivity contribution is -0.139. The fourth-order valence-electron chi connectivity index (χ4n) is 5.26. The topological polar surface area (TPSA) is 120 Å². The van der Waals surface area contributed by atoms with E-state index < -0.39 is 71.0 Å². The van der Waals surface area contributed by atoms with E-state index in [9.17, 15) is 27.9 Å². The van der Waals surface area contributed by atoms with Crippen LogP contribution in [0.4, 0.5) is 18.9 Å². The molecule has 8 nitrogen and oxygen atoms in total. The third kappa shape index (κ3) is 3.13. The number of carbonyl (C=O) groups excluding carboxylic acids is 2. The van der Waals surface area contributed by atoms with Gasteiger partial charge in [0.15, 0.2) is 0 Å². The SMILES string of the molecule is CC12C[C@H](OCC(O)CO)[C@@](C)(O1)C1C(=O)N(c3ccc(C#N)c(C(F)(F)F)c3)C(=O)[C@@H]12. The van der Waals surface area contributed by atoms with Crippen LogP contribution in [-0.2, 0) is 25.2 Å². The molecule has 172 valence electrons. The number of rotatable bonds is 5. The number of hydrogen-bond donors (Lipinski definition) is 2. The zero-order valence-electron chi connectivity index (χ0n) is 17.2. The molecule has 3 aliphatic heterocycles. The van der Waals surface area contributed by atoms with E-state index in [1.165, 1.54) is 6.07 Å². The molecule has 3 unspecified atom stereocenters. The molecule has 6 atom stereocenters. The van der Waals surface area contributed by atoms with Crippen LogP contribution in [0.25, 0.3) is 0 Å². The van der Waals surface area contributed by atoms with Gasteiger partial charge in [0, 0.05) is 6.42 Å². The summed E-state index contributed by atoms with van der Waals surface area (Å²) in [5, 5.41) is 27.6. The van der Waals surface area contributed by atoms with Crippen molar-refractivity contribution in [2.75, 3.05) is 18.1 Å². The highest BCUT2D eigenvalue weighted by Gasteiger charge is 2.76. The summed E-state index contributed by atoms with van der Waals surface area (Å²) in [6.45, 7) is 2.53.